The summed E-state index contributed by atoms with van der Waals surface area (Å²) in [7, 11) is 0. The molecular formula is C23H25N4+. The van der Waals surface area contributed by atoms with Gasteiger partial charge in [0.1, 0.15) is 17.4 Å². The van der Waals surface area contributed by atoms with Crippen LogP contribution in [-0.2, 0) is 6.42 Å². The molecule has 0 aliphatic rings. The third-order valence-corrected chi connectivity index (χ3v) is 4.20. The highest BCUT2D eigenvalue weighted by atomic mass is 15.0. The molecule has 27 heavy (non-hydrogen) atoms. The Hall–Kier alpha value is -3.14. The second-order valence-corrected chi connectivity index (χ2v) is 6.78. The van der Waals surface area contributed by atoms with Gasteiger partial charge in [-0.05, 0) is 42.4 Å². The second-order valence-electron chi connectivity index (χ2n) is 6.78. The number of fused-ring (bicyclic) bond motifs is 1. The number of rotatable bonds is 6. The van der Waals surface area contributed by atoms with Crippen LogP contribution >= 0.6 is 0 Å². The lowest BCUT2D eigenvalue weighted by Gasteiger charge is -2.06. The smallest absolute Gasteiger partial charge is 0.257 e. The minimum Gasteiger partial charge on any atom is -0.257 e. The Morgan fingerprint density at radius 3 is 2.81 bits per heavy atom. The van der Waals surface area contributed by atoms with Crippen molar-refractivity contribution in [2.45, 2.75) is 27.2 Å². The van der Waals surface area contributed by atoms with Crippen LogP contribution in [-0.4, -0.2) is 16.2 Å². The zero-order chi connectivity index (χ0) is 19.2. The number of nitrogens with zero attached hydrogens (tertiary/aromatic N) is 4. The van der Waals surface area contributed by atoms with E-state index in [0.29, 0.717) is 5.92 Å². The monoisotopic (exact) mass is 357 g/mol. The molecule has 0 atom stereocenters. The van der Waals surface area contributed by atoms with Crippen LogP contribution in [0.2, 0.25) is 0 Å². The van der Waals surface area contributed by atoms with Gasteiger partial charge in [0.05, 0.1) is 6.20 Å². The molecule has 0 amide bonds. The van der Waals surface area contributed by atoms with E-state index >= 15 is 0 Å². The predicted octanol–water partition coefficient (Wildman–Crippen LogP) is 5.03. The second kappa shape index (κ2) is 8.49. The summed E-state index contributed by atoms with van der Waals surface area (Å²) in [6.07, 6.45) is 14.3. The normalized spacial score (nSPS) is 11.9. The summed E-state index contributed by atoms with van der Waals surface area (Å²) in [6.45, 7) is 10.1. The van der Waals surface area contributed by atoms with Crippen molar-refractivity contribution in [3.63, 3.8) is 0 Å². The van der Waals surface area contributed by atoms with Crippen LogP contribution < -0.4 is 4.57 Å². The van der Waals surface area contributed by atoms with Gasteiger partial charge in [-0.2, -0.15) is 0 Å². The van der Waals surface area contributed by atoms with Crippen molar-refractivity contribution in [3.05, 3.63) is 72.7 Å². The molecule has 0 N–H and O–H groups in total. The summed E-state index contributed by atoms with van der Waals surface area (Å²) in [6, 6.07) is 8.13. The Labute approximate surface area is 160 Å². The van der Waals surface area contributed by atoms with Crippen molar-refractivity contribution in [3.8, 4) is 5.82 Å². The molecule has 0 saturated carbocycles. The number of hydrogen-bond acceptors (Lipinski definition) is 3. The lowest BCUT2D eigenvalue weighted by Crippen LogP contribution is -2.31. The average molecular weight is 357 g/mol. The van der Waals surface area contributed by atoms with Gasteiger partial charge in [-0.3, -0.25) is 9.98 Å². The van der Waals surface area contributed by atoms with E-state index in [-0.39, 0.29) is 0 Å². The maximum absolute atomic E-state index is 4.91. The standard InChI is InChI=1S/C23H25N4/c1-5-7-8-18-12-14-27(16-21(18)24-6-2)22-10-9-20-23(26-22)19(11-13-25-20)15-17(3)4/h5-14,16-17H,1,15H2,2-4H3/q+1/b8-7-,24-6?. The third kappa shape index (κ3) is 4.34. The van der Waals surface area contributed by atoms with Gasteiger partial charge in [-0.15, -0.1) is 0 Å². The lowest BCUT2D eigenvalue weighted by atomic mass is 10.0. The maximum Gasteiger partial charge on any atom is 0.328 e. The van der Waals surface area contributed by atoms with E-state index in [4.69, 9.17) is 4.98 Å². The van der Waals surface area contributed by atoms with Crippen molar-refractivity contribution in [1.82, 2.24) is 9.97 Å². The highest BCUT2D eigenvalue weighted by molar-refractivity contribution is 5.78. The topological polar surface area (TPSA) is 42.0 Å². The van der Waals surface area contributed by atoms with E-state index in [1.54, 1.807) is 12.3 Å². The zero-order valence-corrected chi connectivity index (χ0v) is 16.1. The molecule has 0 bridgehead atoms. The first kappa shape index (κ1) is 18.6. The molecule has 0 spiro atoms. The number of allylic oxidation sites excluding steroid dienone is 2. The molecule has 0 aromatic carbocycles. The SMILES string of the molecule is C=C/C=C\c1cc[n+](-c2ccc3nccc(CC(C)C)c3n2)cc1N=CC. The van der Waals surface area contributed by atoms with Crippen LogP contribution in [0.1, 0.15) is 31.9 Å². The molecule has 0 unspecified atom stereocenters. The quantitative estimate of drug-likeness (QED) is 0.353. The predicted molar refractivity (Wildman–Crippen MR) is 113 cm³/mol. The fourth-order valence-corrected chi connectivity index (χ4v) is 3.01. The molecule has 4 heteroatoms. The number of aliphatic imine (C=N–C) groups is 1. The molecule has 3 aromatic heterocycles. The first-order valence-electron chi connectivity index (χ1n) is 9.20. The highest BCUT2D eigenvalue weighted by Crippen LogP contribution is 2.21. The fourth-order valence-electron chi connectivity index (χ4n) is 3.01. The van der Waals surface area contributed by atoms with Crippen molar-refractivity contribution < 1.29 is 4.57 Å². The van der Waals surface area contributed by atoms with Crippen molar-refractivity contribution in [2.24, 2.45) is 10.9 Å². The van der Waals surface area contributed by atoms with Gasteiger partial charge in [0.2, 0.25) is 5.52 Å². The van der Waals surface area contributed by atoms with E-state index in [1.165, 1.54) is 5.56 Å². The minimum absolute atomic E-state index is 0.565. The summed E-state index contributed by atoms with van der Waals surface area (Å²) in [5, 5.41) is 0. The summed E-state index contributed by atoms with van der Waals surface area (Å²) >= 11 is 0. The molecule has 0 radical (unpaired) electrons. The fraction of sp³-hybridized carbons (Fsp3) is 0.217. The molecule has 0 aliphatic carbocycles. The van der Waals surface area contributed by atoms with Gasteiger partial charge >= 0.3 is 5.82 Å². The zero-order valence-electron chi connectivity index (χ0n) is 16.1. The molecule has 136 valence electrons. The van der Waals surface area contributed by atoms with Crippen LogP contribution in [0.15, 0.2) is 66.6 Å². The molecule has 3 heterocycles. The lowest BCUT2D eigenvalue weighted by molar-refractivity contribution is -0.598. The Morgan fingerprint density at radius 1 is 1.22 bits per heavy atom. The Balaban J connectivity index is 2.10. The summed E-state index contributed by atoms with van der Waals surface area (Å²) < 4.78 is 2.00. The van der Waals surface area contributed by atoms with E-state index in [9.17, 15) is 0 Å². The Morgan fingerprint density at radius 2 is 2.07 bits per heavy atom. The van der Waals surface area contributed by atoms with Crippen molar-refractivity contribution >= 4 is 29.0 Å². The molecular weight excluding hydrogens is 332 g/mol. The largest absolute Gasteiger partial charge is 0.328 e. The van der Waals surface area contributed by atoms with Gasteiger partial charge in [-0.1, -0.05) is 38.7 Å². The number of hydrogen-bond donors (Lipinski definition) is 0. The van der Waals surface area contributed by atoms with Crippen LogP contribution in [0.5, 0.6) is 0 Å². The molecule has 4 nitrogen and oxygen atoms in total. The van der Waals surface area contributed by atoms with Gasteiger partial charge in [0, 0.05) is 29.6 Å². The average Bonchev–Trinajstić information content (AvgIpc) is 2.67. The van der Waals surface area contributed by atoms with Crippen LogP contribution in [0.4, 0.5) is 5.69 Å². The van der Waals surface area contributed by atoms with E-state index in [2.05, 4.69) is 36.5 Å². The van der Waals surface area contributed by atoms with Crippen LogP contribution in [0.25, 0.3) is 22.9 Å². The number of pyridine rings is 3. The van der Waals surface area contributed by atoms with Crippen molar-refractivity contribution in [2.75, 3.05) is 0 Å². The highest BCUT2D eigenvalue weighted by Gasteiger charge is 2.15. The van der Waals surface area contributed by atoms with Gasteiger partial charge in [0.15, 0.2) is 0 Å². The minimum atomic E-state index is 0.565. The molecule has 3 rings (SSSR count). The van der Waals surface area contributed by atoms with E-state index < -0.39 is 0 Å². The summed E-state index contributed by atoms with van der Waals surface area (Å²) in [5.41, 5.74) is 5.04. The van der Waals surface area contributed by atoms with Gasteiger partial charge in [-0.25, -0.2) is 4.57 Å². The molecule has 3 aromatic rings. The Bertz CT molecular complexity index is 1020. The van der Waals surface area contributed by atoms with Gasteiger partial charge in [0.25, 0.3) is 0 Å². The molecule has 0 fully saturated rings. The maximum atomic E-state index is 4.91. The first-order valence-corrected chi connectivity index (χ1v) is 9.20. The van der Waals surface area contributed by atoms with E-state index in [1.807, 2.05) is 60.4 Å². The van der Waals surface area contributed by atoms with Crippen LogP contribution in [0, 0.1) is 5.92 Å². The molecule has 0 saturated heterocycles. The number of aromatic nitrogens is 3. The van der Waals surface area contributed by atoms with Gasteiger partial charge < -0.3 is 0 Å². The van der Waals surface area contributed by atoms with Crippen molar-refractivity contribution in [1.29, 1.82) is 0 Å². The molecule has 0 aliphatic heterocycles. The summed E-state index contributed by atoms with van der Waals surface area (Å²) in [5.74, 6) is 1.42. The first-order chi connectivity index (χ1) is 13.1. The van der Waals surface area contributed by atoms with E-state index in [0.717, 1.165) is 34.5 Å². The summed E-state index contributed by atoms with van der Waals surface area (Å²) in [4.78, 5) is 13.9. The van der Waals surface area contributed by atoms with Crippen LogP contribution in [0.3, 0.4) is 0 Å². The Kier molecular flexibility index (Phi) is 5.87. The third-order valence-electron chi connectivity index (χ3n) is 4.20.